The zero-order valence-electron chi connectivity index (χ0n) is 39.1. The summed E-state index contributed by atoms with van der Waals surface area (Å²) in [6, 6.07) is 23.1. The van der Waals surface area contributed by atoms with Crippen LogP contribution in [0.4, 0.5) is 0 Å². The highest BCUT2D eigenvalue weighted by molar-refractivity contribution is 5.96. The predicted octanol–water partition coefficient (Wildman–Crippen LogP) is 4.38. The van der Waals surface area contributed by atoms with E-state index >= 15 is 4.79 Å². The lowest BCUT2D eigenvalue weighted by atomic mass is 9.44. The summed E-state index contributed by atoms with van der Waals surface area (Å²) in [5.74, 6) is -6.63. The topological polar surface area (TPSA) is 229 Å². The Morgan fingerprint density at radius 1 is 0.838 bits per heavy atom. The van der Waals surface area contributed by atoms with Crippen LogP contribution < -0.4 is 5.32 Å². The van der Waals surface area contributed by atoms with E-state index in [4.69, 9.17) is 37.9 Å². The number of fused-ring (bicyclic) bond motifs is 5. The van der Waals surface area contributed by atoms with Crippen LogP contribution in [0.2, 0.25) is 0 Å². The molecule has 3 fully saturated rings. The summed E-state index contributed by atoms with van der Waals surface area (Å²) in [4.78, 5) is 85.1. The molecule has 3 N–H and O–H groups in total. The fourth-order valence-electron chi connectivity index (χ4n) is 10.7. The lowest BCUT2D eigenvalue weighted by Crippen LogP contribution is -2.82. The summed E-state index contributed by atoms with van der Waals surface area (Å²) in [5, 5.41) is 28.6. The number of hydrogen-bond acceptors (Lipinski definition) is 16. The maximum Gasteiger partial charge on any atom is 0.338 e. The fourth-order valence-corrected chi connectivity index (χ4v) is 10.7. The second-order valence-electron chi connectivity index (χ2n) is 18.5. The largest absolute Gasteiger partial charge is 0.456 e. The third kappa shape index (κ3) is 9.10. The van der Waals surface area contributed by atoms with Crippen molar-refractivity contribution in [2.45, 2.75) is 108 Å². The van der Waals surface area contributed by atoms with Gasteiger partial charge in [-0.2, -0.15) is 0 Å². The Morgan fingerprint density at radius 2 is 1.46 bits per heavy atom. The first-order valence-electron chi connectivity index (χ1n) is 22.5. The van der Waals surface area contributed by atoms with Crippen LogP contribution in [0.3, 0.4) is 0 Å². The fraction of sp³-hybridized carbons (Fsp3) is 0.490. The van der Waals surface area contributed by atoms with Gasteiger partial charge in [0.2, 0.25) is 0 Å². The van der Waals surface area contributed by atoms with Crippen molar-refractivity contribution in [3.63, 3.8) is 0 Å². The number of carbonyl (C=O) groups excluding carboxylic acids is 6. The van der Waals surface area contributed by atoms with Gasteiger partial charge < -0.3 is 53.4 Å². The van der Waals surface area contributed by atoms with Gasteiger partial charge in [-0.1, -0.05) is 80.6 Å². The molecule has 17 heteroatoms. The van der Waals surface area contributed by atoms with E-state index in [0.29, 0.717) is 5.56 Å². The molecule has 1 heterocycles. The van der Waals surface area contributed by atoms with Gasteiger partial charge in [0.15, 0.2) is 23.6 Å². The van der Waals surface area contributed by atoms with Crippen LogP contribution in [0.1, 0.15) is 86.7 Å². The van der Waals surface area contributed by atoms with Crippen molar-refractivity contribution in [2.24, 2.45) is 16.7 Å². The second kappa shape index (κ2) is 20.0. The Labute approximate surface area is 394 Å². The van der Waals surface area contributed by atoms with Crippen LogP contribution in [0.5, 0.6) is 0 Å². The molecule has 2 bridgehead atoms. The minimum Gasteiger partial charge on any atom is -0.456 e. The second-order valence-corrected chi connectivity index (χ2v) is 18.5. The molecule has 7 rings (SSSR count). The van der Waals surface area contributed by atoms with Crippen LogP contribution in [0.15, 0.2) is 102 Å². The summed E-state index contributed by atoms with van der Waals surface area (Å²) in [6.45, 7) is 8.28. The Hall–Kier alpha value is -5.82. The summed E-state index contributed by atoms with van der Waals surface area (Å²) >= 11 is 0. The van der Waals surface area contributed by atoms with E-state index in [1.54, 1.807) is 99.6 Å². The number of carbonyl (C=O) groups is 6. The van der Waals surface area contributed by atoms with Crippen molar-refractivity contribution in [3.05, 3.63) is 119 Å². The molecule has 1 amide bonds. The number of hydrogen-bond donors (Lipinski definition) is 3. The van der Waals surface area contributed by atoms with E-state index in [9.17, 15) is 34.2 Å². The number of rotatable bonds is 16. The SMILES string of the molecule is COCCOCO[C@H]1C[C@H]2OC[C@@]2(OC(C)=O)[C@H]2[C@H](OC(=O)c3ccccc3)[C@]3(O)C[C@H](OC(=O)[C@H](O)[C@@H](NC(=O)c4ccccc4)c4ccccc4)C(C)=C([C@@H](OC(C)=O)C(=O)[C@]12C)C3(C)C. The Morgan fingerprint density at radius 3 is 2.03 bits per heavy atom. The molecule has 2 saturated carbocycles. The molecule has 17 nitrogen and oxygen atoms in total. The van der Waals surface area contributed by atoms with Gasteiger partial charge in [0.05, 0.1) is 48.9 Å². The van der Waals surface area contributed by atoms with Gasteiger partial charge >= 0.3 is 23.9 Å². The third-order valence-corrected chi connectivity index (χ3v) is 14.2. The monoisotopic (exact) mass is 941 g/mol. The van der Waals surface area contributed by atoms with Gasteiger partial charge in [-0.05, 0) is 54.8 Å². The molecule has 1 aliphatic heterocycles. The molecule has 0 radical (unpaired) electrons. The van der Waals surface area contributed by atoms with Gasteiger partial charge in [0.1, 0.15) is 30.7 Å². The lowest BCUT2D eigenvalue weighted by molar-refractivity contribution is -0.351. The maximum atomic E-state index is 16.0. The first kappa shape index (κ1) is 50.1. The number of benzene rings is 3. The number of amides is 1. The summed E-state index contributed by atoms with van der Waals surface area (Å²) < 4.78 is 48.3. The standard InChI is InChI=1S/C51H59NO16/c1-29-35(66-47(59)40(55)39(32-17-11-8-12-18-32)52-45(57)33-19-13-9-14-20-33)26-51(60)44(67-46(58)34-21-15-10-16-22-34)42-49(6,43(56)41(65-30(2)53)38(29)48(51,4)5)36(64-28-62-24-23-61-7)25-37-50(42,27-63-37)68-31(3)54/h8-22,35-37,39-42,44,55,60H,23-28H2,1-7H3,(H,52,57)/t35-,36-,37+,39-,40+,41+,42-,44-,49+,50-,51+/m0/s1. The normalized spacial score (nSPS) is 30.1. The van der Waals surface area contributed by atoms with Crippen molar-refractivity contribution in [1.82, 2.24) is 5.32 Å². The van der Waals surface area contributed by atoms with Crippen molar-refractivity contribution in [3.8, 4) is 0 Å². The Bertz CT molecular complexity index is 2390. The molecule has 3 aromatic rings. The molecule has 364 valence electrons. The molecule has 1 saturated heterocycles. The number of nitrogens with one attached hydrogen (secondary N) is 1. The van der Waals surface area contributed by atoms with E-state index in [-0.39, 0.29) is 55.3 Å². The van der Waals surface area contributed by atoms with Gasteiger partial charge in [-0.15, -0.1) is 0 Å². The molecular weight excluding hydrogens is 883 g/mol. The maximum absolute atomic E-state index is 16.0. The Kier molecular flexibility index (Phi) is 14.7. The van der Waals surface area contributed by atoms with Crippen molar-refractivity contribution < 1.29 is 76.9 Å². The smallest absolute Gasteiger partial charge is 0.338 e. The van der Waals surface area contributed by atoms with Crippen molar-refractivity contribution >= 4 is 35.6 Å². The average molecular weight is 942 g/mol. The van der Waals surface area contributed by atoms with Crippen molar-refractivity contribution in [2.75, 3.05) is 33.7 Å². The highest BCUT2D eigenvalue weighted by Crippen LogP contribution is 2.65. The summed E-state index contributed by atoms with van der Waals surface area (Å²) in [6.07, 6.45) is -9.86. The molecule has 0 unspecified atom stereocenters. The molecule has 0 aromatic heterocycles. The van der Waals surface area contributed by atoms with Crippen LogP contribution >= 0.6 is 0 Å². The lowest BCUT2D eigenvalue weighted by Gasteiger charge is -2.67. The summed E-state index contributed by atoms with van der Waals surface area (Å²) in [7, 11) is 1.50. The van der Waals surface area contributed by atoms with Crippen LogP contribution in [-0.2, 0) is 57.1 Å². The average Bonchev–Trinajstić information content (AvgIpc) is 3.31. The van der Waals surface area contributed by atoms with E-state index < -0.39 is 113 Å². The number of aliphatic hydroxyl groups is 2. The number of aliphatic hydroxyl groups excluding tert-OH is 1. The highest BCUT2D eigenvalue weighted by Gasteiger charge is 2.78. The van der Waals surface area contributed by atoms with Crippen molar-refractivity contribution in [1.29, 1.82) is 0 Å². The zero-order valence-corrected chi connectivity index (χ0v) is 39.1. The first-order chi connectivity index (χ1) is 32.3. The minimum atomic E-state index is -2.39. The summed E-state index contributed by atoms with van der Waals surface area (Å²) in [5.41, 5.74) is -6.83. The quantitative estimate of drug-likeness (QED) is 0.0595. The molecule has 68 heavy (non-hydrogen) atoms. The molecule has 3 aliphatic carbocycles. The van der Waals surface area contributed by atoms with E-state index in [1.165, 1.54) is 33.1 Å². The van der Waals surface area contributed by atoms with E-state index in [2.05, 4.69) is 5.32 Å². The predicted molar refractivity (Wildman–Crippen MR) is 239 cm³/mol. The number of esters is 4. The minimum absolute atomic E-state index is 0.0276. The molecule has 3 aromatic carbocycles. The molecular formula is C51H59NO16. The number of Topliss-reactive ketones (excluding diaryl/α,β-unsaturated/α-hetero) is 1. The number of ketones is 1. The van der Waals surface area contributed by atoms with Gasteiger partial charge in [-0.3, -0.25) is 19.2 Å². The van der Waals surface area contributed by atoms with Crippen LogP contribution in [-0.4, -0.2) is 127 Å². The van der Waals surface area contributed by atoms with Gasteiger partial charge in [0, 0.05) is 44.8 Å². The van der Waals surface area contributed by atoms with E-state index in [1.807, 2.05) is 0 Å². The van der Waals surface area contributed by atoms with E-state index in [0.717, 1.165) is 6.92 Å². The first-order valence-corrected chi connectivity index (χ1v) is 22.5. The van der Waals surface area contributed by atoms with Crippen LogP contribution in [0, 0.1) is 16.7 Å². The molecule has 0 spiro atoms. The van der Waals surface area contributed by atoms with Gasteiger partial charge in [-0.25, -0.2) is 9.59 Å². The zero-order chi connectivity index (χ0) is 49.2. The van der Waals surface area contributed by atoms with Crippen LogP contribution in [0.25, 0.3) is 0 Å². The highest BCUT2D eigenvalue weighted by atomic mass is 16.7. The third-order valence-electron chi connectivity index (χ3n) is 14.2. The molecule has 11 atom stereocenters. The number of methoxy groups -OCH3 is 1. The Balaban J connectivity index is 1.40. The molecule has 4 aliphatic rings. The number of ether oxygens (including phenoxy) is 8. The van der Waals surface area contributed by atoms with Gasteiger partial charge in [0.25, 0.3) is 5.91 Å².